The smallest absolute Gasteiger partial charge is 0.339 e. The molecule has 1 aromatic carbocycles. The third-order valence-corrected chi connectivity index (χ3v) is 4.17. The van der Waals surface area contributed by atoms with Crippen LogP contribution in [0.1, 0.15) is 20.8 Å². The van der Waals surface area contributed by atoms with Crippen LogP contribution in [0.3, 0.4) is 0 Å². The Morgan fingerprint density at radius 2 is 2.00 bits per heavy atom. The first kappa shape index (κ1) is 15.1. The molecule has 4 nitrogen and oxygen atoms in total. The molecule has 2 aromatic rings. The van der Waals surface area contributed by atoms with Gasteiger partial charge in [-0.25, -0.2) is 4.79 Å². The molecule has 0 aliphatic heterocycles. The lowest BCUT2D eigenvalue weighted by Crippen LogP contribution is -2.05. The summed E-state index contributed by atoms with van der Waals surface area (Å²) in [4.78, 5) is 14.2. The van der Waals surface area contributed by atoms with E-state index >= 15 is 0 Å². The number of carbonyl (C=O) groups is 1. The summed E-state index contributed by atoms with van der Waals surface area (Å²) in [7, 11) is 5.49. The second-order valence-corrected chi connectivity index (χ2v) is 5.76. The highest BCUT2D eigenvalue weighted by Gasteiger charge is 2.10. The number of aromatic carboxylic acids is 1. The number of nitrogens with zero attached hydrogens (tertiary/aromatic N) is 1. The van der Waals surface area contributed by atoms with E-state index in [-0.39, 0.29) is 5.56 Å². The maximum Gasteiger partial charge on any atom is 0.339 e. The van der Waals surface area contributed by atoms with Gasteiger partial charge in [-0.1, -0.05) is 12.1 Å². The molecule has 0 unspecified atom stereocenters. The van der Waals surface area contributed by atoms with Crippen molar-refractivity contribution in [2.75, 3.05) is 26.1 Å². The maximum absolute atomic E-state index is 11.0. The summed E-state index contributed by atoms with van der Waals surface area (Å²) in [5.41, 5.74) is 1.07. The summed E-state index contributed by atoms with van der Waals surface area (Å²) in [6, 6.07) is 9.17. The Labute approximate surface area is 127 Å². The van der Waals surface area contributed by atoms with Crippen molar-refractivity contribution < 1.29 is 14.6 Å². The highest BCUT2D eigenvalue weighted by Crippen LogP contribution is 2.26. The molecular weight excluding hydrogens is 286 g/mol. The molecule has 110 valence electrons. The van der Waals surface area contributed by atoms with Gasteiger partial charge in [-0.3, -0.25) is 0 Å². The fourth-order valence-corrected chi connectivity index (χ4v) is 2.67. The summed E-state index contributed by atoms with van der Waals surface area (Å²) < 4.78 is 5.12. The predicted octanol–water partition coefficient (Wildman–Crippen LogP) is 3.69. The molecule has 0 saturated heterocycles. The maximum atomic E-state index is 11.0. The molecule has 0 bridgehead atoms. The Bertz CT molecular complexity index is 674. The lowest BCUT2D eigenvalue weighted by molar-refractivity contribution is 0.0693. The number of carboxylic acid groups (broad SMARTS) is 1. The van der Waals surface area contributed by atoms with Gasteiger partial charge in [0.05, 0.1) is 12.1 Å². The van der Waals surface area contributed by atoms with Crippen LogP contribution in [0.5, 0.6) is 5.75 Å². The summed E-state index contributed by atoms with van der Waals surface area (Å²) in [6.07, 6.45) is 3.95. The molecule has 0 radical (unpaired) electrons. The van der Waals surface area contributed by atoms with Crippen LogP contribution in [0, 0.1) is 0 Å². The molecule has 0 aliphatic rings. The Balaban J connectivity index is 2.22. The third kappa shape index (κ3) is 3.64. The minimum absolute atomic E-state index is 0.167. The molecule has 21 heavy (non-hydrogen) atoms. The van der Waals surface area contributed by atoms with Crippen molar-refractivity contribution in [3.63, 3.8) is 0 Å². The molecule has 0 amide bonds. The van der Waals surface area contributed by atoms with E-state index in [2.05, 4.69) is 17.0 Å². The van der Waals surface area contributed by atoms with Gasteiger partial charge in [0.1, 0.15) is 11.3 Å². The summed E-state index contributed by atoms with van der Waals surface area (Å²) in [6.45, 7) is 0. The molecule has 1 heterocycles. The average molecular weight is 303 g/mol. The first-order valence-electron chi connectivity index (χ1n) is 6.38. The Kier molecular flexibility index (Phi) is 4.65. The van der Waals surface area contributed by atoms with Gasteiger partial charge < -0.3 is 14.7 Å². The first-order chi connectivity index (χ1) is 10.0. The van der Waals surface area contributed by atoms with E-state index < -0.39 is 5.97 Å². The van der Waals surface area contributed by atoms with Gasteiger partial charge in [-0.15, -0.1) is 11.3 Å². The van der Waals surface area contributed by atoms with Crippen LogP contribution in [0.25, 0.3) is 12.2 Å². The van der Waals surface area contributed by atoms with Gasteiger partial charge >= 0.3 is 5.97 Å². The van der Waals surface area contributed by atoms with E-state index in [0.29, 0.717) is 5.75 Å². The number of benzene rings is 1. The molecule has 1 aromatic heterocycles. The van der Waals surface area contributed by atoms with E-state index in [9.17, 15) is 4.79 Å². The van der Waals surface area contributed by atoms with Gasteiger partial charge in [-0.05, 0) is 35.9 Å². The number of hydrogen-bond donors (Lipinski definition) is 1. The number of hydrogen-bond acceptors (Lipinski definition) is 4. The van der Waals surface area contributed by atoms with Gasteiger partial charge in [-0.2, -0.15) is 0 Å². The zero-order valence-electron chi connectivity index (χ0n) is 12.2. The molecule has 5 heteroatoms. The van der Waals surface area contributed by atoms with Crippen LogP contribution in [0.4, 0.5) is 5.00 Å². The fourth-order valence-electron chi connectivity index (χ4n) is 1.84. The van der Waals surface area contributed by atoms with Crippen molar-refractivity contribution >= 4 is 34.5 Å². The SMILES string of the molecule is COc1cc(/C=C/c2ccc(N(C)C)s2)ccc1C(=O)O. The number of thiophene rings is 1. The quantitative estimate of drug-likeness (QED) is 0.915. The molecule has 0 fully saturated rings. The lowest BCUT2D eigenvalue weighted by atomic mass is 10.1. The molecule has 0 saturated carbocycles. The Morgan fingerprint density at radius 3 is 2.57 bits per heavy atom. The molecule has 0 aliphatic carbocycles. The van der Waals surface area contributed by atoms with E-state index in [0.717, 1.165) is 10.4 Å². The molecular formula is C16H17NO3S. The van der Waals surface area contributed by atoms with E-state index in [4.69, 9.17) is 9.84 Å². The normalized spacial score (nSPS) is 10.8. The predicted molar refractivity (Wildman–Crippen MR) is 87.5 cm³/mol. The number of carboxylic acids is 1. The summed E-state index contributed by atoms with van der Waals surface area (Å²) in [5, 5.41) is 10.2. The van der Waals surface area contributed by atoms with Gasteiger partial charge in [0, 0.05) is 19.0 Å². The fraction of sp³-hybridized carbons (Fsp3) is 0.188. The van der Waals surface area contributed by atoms with E-state index in [1.54, 1.807) is 29.5 Å². The van der Waals surface area contributed by atoms with Crippen molar-refractivity contribution in [3.05, 3.63) is 46.3 Å². The average Bonchev–Trinajstić information content (AvgIpc) is 2.93. The third-order valence-electron chi connectivity index (χ3n) is 2.95. The minimum Gasteiger partial charge on any atom is -0.496 e. The van der Waals surface area contributed by atoms with Crippen LogP contribution in [-0.2, 0) is 0 Å². The molecule has 0 atom stereocenters. The summed E-state index contributed by atoms with van der Waals surface area (Å²) in [5.74, 6) is -0.624. The topological polar surface area (TPSA) is 49.8 Å². The molecule has 2 rings (SSSR count). The van der Waals surface area contributed by atoms with Crippen LogP contribution in [-0.4, -0.2) is 32.3 Å². The van der Waals surface area contributed by atoms with E-state index in [1.807, 2.05) is 26.2 Å². The number of rotatable bonds is 5. The Hall–Kier alpha value is -2.27. The largest absolute Gasteiger partial charge is 0.496 e. The Morgan fingerprint density at radius 1 is 1.24 bits per heavy atom. The highest BCUT2D eigenvalue weighted by atomic mass is 32.1. The summed E-state index contributed by atoms with van der Waals surface area (Å²) >= 11 is 1.69. The second-order valence-electron chi connectivity index (χ2n) is 4.67. The lowest BCUT2D eigenvalue weighted by Gasteiger charge is -2.06. The highest BCUT2D eigenvalue weighted by molar-refractivity contribution is 7.16. The van der Waals surface area contributed by atoms with Crippen LogP contribution in [0.15, 0.2) is 30.3 Å². The van der Waals surface area contributed by atoms with Crippen molar-refractivity contribution in [1.82, 2.24) is 0 Å². The van der Waals surface area contributed by atoms with Crippen molar-refractivity contribution in [2.45, 2.75) is 0 Å². The number of anilines is 1. The first-order valence-corrected chi connectivity index (χ1v) is 7.19. The second kappa shape index (κ2) is 6.45. The zero-order valence-corrected chi connectivity index (χ0v) is 13.0. The number of methoxy groups -OCH3 is 1. The molecule has 0 spiro atoms. The van der Waals surface area contributed by atoms with Crippen LogP contribution in [0.2, 0.25) is 0 Å². The van der Waals surface area contributed by atoms with Gasteiger partial charge in [0.2, 0.25) is 0 Å². The van der Waals surface area contributed by atoms with Crippen LogP contribution >= 0.6 is 11.3 Å². The van der Waals surface area contributed by atoms with Crippen molar-refractivity contribution in [3.8, 4) is 5.75 Å². The zero-order chi connectivity index (χ0) is 15.4. The van der Waals surface area contributed by atoms with Crippen LogP contribution < -0.4 is 9.64 Å². The van der Waals surface area contributed by atoms with Crippen molar-refractivity contribution in [2.24, 2.45) is 0 Å². The minimum atomic E-state index is -0.990. The standard InChI is InChI=1S/C16H17NO3S/c1-17(2)15-9-7-12(21-15)6-4-11-5-8-13(16(18)19)14(10-11)20-3/h4-10H,1-3H3,(H,18,19)/b6-4+. The van der Waals surface area contributed by atoms with E-state index in [1.165, 1.54) is 12.1 Å². The molecule has 1 N–H and O–H groups in total. The monoisotopic (exact) mass is 303 g/mol. The van der Waals surface area contributed by atoms with Gasteiger partial charge in [0.25, 0.3) is 0 Å². The number of ether oxygens (including phenoxy) is 1. The van der Waals surface area contributed by atoms with Crippen molar-refractivity contribution in [1.29, 1.82) is 0 Å². The van der Waals surface area contributed by atoms with Gasteiger partial charge in [0.15, 0.2) is 0 Å².